The predicted octanol–water partition coefficient (Wildman–Crippen LogP) is 3.28. The minimum atomic E-state index is -3.57. The van der Waals surface area contributed by atoms with E-state index in [2.05, 4.69) is 15.7 Å². The van der Waals surface area contributed by atoms with Crippen LogP contribution in [0, 0.1) is 0 Å². The molecule has 8 heteroatoms. The Labute approximate surface area is 171 Å². The van der Waals surface area contributed by atoms with Crippen LogP contribution in [0.1, 0.15) is 30.7 Å². The number of sulfonamides is 1. The molecule has 3 rings (SSSR count). The summed E-state index contributed by atoms with van der Waals surface area (Å²) >= 11 is 1.67. The molecule has 1 aromatic carbocycles. The number of likely N-dealkylation sites (tertiary alicyclic amines) is 1. The molecule has 1 fully saturated rings. The number of ether oxygens (including phenoxy) is 2. The normalized spacial score (nSPS) is 16.3. The van der Waals surface area contributed by atoms with Crippen LogP contribution in [0.25, 0.3) is 0 Å². The molecule has 1 unspecified atom stereocenters. The van der Waals surface area contributed by atoms with Gasteiger partial charge in [0.15, 0.2) is 0 Å². The van der Waals surface area contributed by atoms with E-state index in [4.69, 9.17) is 9.47 Å². The molecule has 1 aliphatic heterocycles. The highest BCUT2D eigenvalue weighted by atomic mass is 32.2. The van der Waals surface area contributed by atoms with Crippen molar-refractivity contribution in [2.45, 2.75) is 30.7 Å². The van der Waals surface area contributed by atoms with E-state index in [1.807, 2.05) is 18.4 Å². The van der Waals surface area contributed by atoms with Crippen LogP contribution in [-0.2, 0) is 14.8 Å². The zero-order chi connectivity index (χ0) is 19.8. The van der Waals surface area contributed by atoms with Gasteiger partial charge in [-0.2, -0.15) is 0 Å². The average Bonchev–Trinajstić information content (AvgIpc) is 3.40. The van der Waals surface area contributed by atoms with Gasteiger partial charge in [0.25, 0.3) is 0 Å². The average molecular weight is 425 g/mol. The summed E-state index contributed by atoms with van der Waals surface area (Å²) in [6.07, 6.45) is 2.33. The third kappa shape index (κ3) is 5.78. The second-order valence-electron chi connectivity index (χ2n) is 6.64. The lowest BCUT2D eigenvalue weighted by atomic mass is 10.2. The van der Waals surface area contributed by atoms with E-state index in [9.17, 15) is 8.42 Å². The lowest BCUT2D eigenvalue weighted by Gasteiger charge is -2.26. The summed E-state index contributed by atoms with van der Waals surface area (Å²) in [6, 6.07) is 10.7. The molecule has 0 saturated carbocycles. The van der Waals surface area contributed by atoms with Crippen molar-refractivity contribution in [2.75, 3.05) is 39.5 Å². The Balaban J connectivity index is 1.60. The quantitative estimate of drug-likeness (QED) is 0.561. The number of hydrogen-bond acceptors (Lipinski definition) is 6. The first kappa shape index (κ1) is 21.3. The van der Waals surface area contributed by atoms with Gasteiger partial charge in [0.2, 0.25) is 10.0 Å². The lowest BCUT2D eigenvalue weighted by molar-refractivity contribution is 0.110. The zero-order valence-electron chi connectivity index (χ0n) is 16.2. The van der Waals surface area contributed by atoms with Crippen molar-refractivity contribution in [1.82, 2.24) is 9.62 Å². The predicted molar refractivity (Wildman–Crippen MR) is 111 cm³/mol. The molecule has 0 aliphatic carbocycles. The highest BCUT2D eigenvalue weighted by molar-refractivity contribution is 7.89. The maximum absolute atomic E-state index is 12.7. The van der Waals surface area contributed by atoms with Gasteiger partial charge in [-0.05, 0) is 68.6 Å². The second kappa shape index (κ2) is 10.4. The van der Waals surface area contributed by atoms with Gasteiger partial charge in [-0.15, -0.1) is 11.3 Å². The number of nitrogens with one attached hydrogen (secondary N) is 1. The number of rotatable bonds is 11. The van der Waals surface area contributed by atoms with E-state index in [1.54, 1.807) is 35.6 Å². The summed E-state index contributed by atoms with van der Waals surface area (Å²) in [7, 11) is -3.57. The molecular weight excluding hydrogens is 396 g/mol. The summed E-state index contributed by atoms with van der Waals surface area (Å²) < 4.78 is 39.1. The molecule has 1 aromatic heterocycles. The van der Waals surface area contributed by atoms with Gasteiger partial charge in [-0.25, -0.2) is 13.1 Å². The Morgan fingerprint density at radius 2 is 1.89 bits per heavy atom. The minimum absolute atomic E-state index is 0.0819. The Hall–Kier alpha value is -1.45. The van der Waals surface area contributed by atoms with Crippen LogP contribution in [0.4, 0.5) is 0 Å². The van der Waals surface area contributed by atoms with Crippen LogP contribution in [0.3, 0.4) is 0 Å². The van der Waals surface area contributed by atoms with Crippen LogP contribution in [0.15, 0.2) is 46.7 Å². The second-order valence-corrected chi connectivity index (χ2v) is 9.39. The first-order valence-electron chi connectivity index (χ1n) is 9.68. The van der Waals surface area contributed by atoms with Crippen LogP contribution < -0.4 is 9.46 Å². The van der Waals surface area contributed by atoms with Gasteiger partial charge in [0.1, 0.15) is 12.4 Å². The van der Waals surface area contributed by atoms with E-state index in [1.165, 1.54) is 17.7 Å². The first-order chi connectivity index (χ1) is 13.6. The molecule has 6 nitrogen and oxygen atoms in total. The van der Waals surface area contributed by atoms with Crippen molar-refractivity contribution >= 4 is 21.4 Å². The molecule has 2 heterocycles. The summed E-state index contributed by atoms with van der Waals surface area (Å²) in [5.41, 5.74) is 0. The fraction of sp³-hybridized carbons (Fsp3) is 0.500. The van der Waals surface area contributed by atoms with Gasteiger partial charge < -0.3 is 9.47 Å². The smallest absolute Gasteiger partial charge is 0.240 e. The van der Waals surface area contributed by atoms with Crippen molar-refractivity contribution in [3.63, 3.8) is 0 Å². The van der Waals surface area contributed by atoms with Crippen molar-refractivity contribution in [3.8, 4) is 5.75 Å². The van der Waals surface area contributed by atoms with Gasteiger partial charge in [-0.3, -0.25) is 4.90 Å². The van der Waals surface area contributed by atoms with Crippen LogP contribution in [-0.4, -0.2) is 52.8 Å². The van der Waals surface area contributed by atoms with Crippen LogP contribution in [0.2, 0.25) is 0 Å². The summed E-state index contributed by atoms with van der Waals surface area (Å²) in [4.78, 5) is 3.81. The summed E-state index contributed by atoms with van der Waals surface area (Å²) in [6.45, 7) is 5.93. The summed E-state index contributed by atoms with van der Waals surface area (Å²) in [5.74, 6) is 0.632. The highest BCUT2D eigenvalue weighted by Crippen LogP contribution is 2.28. The standard InChI is InChI=1S/C20H28N2O4S2/c1-2-25-13-14-26-17-7-9-18(10-8-17)28(23,24)21-16-19(20-6-5-15-27-20)22-11-3-4-12-22/h5-10,15,19,21H,2-4,11-14,16H2,1H3. The molecule has 0 radical (unpaired) electrons. The van der Waals surface area contributed by atoms with E-state index in [0.29, 0.717) is 32.1 Å². The van der Waals surface area contributed by atoms with Gasteiger partial charge in [0.05, 0.1) is 17.5 Å². The van der Waals surface area contributed by atoms with E-state index in [-0.39, 0.29) is 10.9 Å². The minimum Gasteiger partial charge on any atom is -0.491 e. The first-order valence-corrected chi connectivity index (χ1v) is 12.0. The van der Waals surface area contributed by atoms with Gasteiger partial charge >= 0.3 is 0 Å². The Bertz CT molecular complexity index is 801. The molecule has 1 atom stereocenters. The van der Waals surface area contributed by atoms with Gasteiger partial charge in [-0.1, -0.05) is 6.07 Å². The van der Waals surface area contributed by atoms with Crippen LogP contribution >= 0.6 is 11.3 Å². The number of nitrogens with zero attached hydrogens (tertiary/aromatic N) is 1. The van der Waals surface area contributed by atoms with Gasteiger partial charge in [0, 0.05) is 18.0 Å². The summed E-state index contributed by atoms with van der Waals surface area (Å²) in [5, 5.41) is 2.04. The lowest BCUT2D eigenvalue weighted by Crippen LogP contribution is -2.36. The molecular formula is C20H28N2O4S2. The molecule has 1 aliphatic rings. The number of benzene rings is 1. The highest BCUT2D eigenvalue weighted by Gasteiger charge is 2.26. The third-order valence-electron chi connectivity index (χ3n) is 4.75. The SMILES string of the molecule is CCOCCOc1ccc(S(=O)(=O)NCC(c2cccs2)N2CCCC2)cc1. The maximum Gasteiger partial charge on any atom is 0.240 e. The Kier molecular flexibility index (Phi) is 7.87. The van der Waals surface area contributed by atoms with E-state index >= 15 is 0 Å². The molecule has 2 aromatic rings. The molecule has 154 valence electrons. The van der Waals surface area contributed by atoms with E-state index < -0.39 is 10.0 Å². The number of thiophene rings is 1. The fourth-order valence-corrected chi connectivity index (χ4v) is 5.19. The molecule has 1 N–H and O–H groups in total. The van der Waals surface area contributed by atoms with Crippen molar-refractivity contribution < 1.29 is 17.9 Å². The van der Waals surface area contributed by atoms with E-state index in [0.717, 1.165) is 13.1 Å². The molecule has 1 saturated heterocycles. The van der Waals surface area contributed by atoms with Crippen molar-refractivity contribution in [1.29, 1.82) is 0 Å². The molecule has 28 heavy (non-hydrogen) atoms. The van der Waals surface area contributed by atoms with Crippen molar-refractivity contribution in [3.05, 3.63) is 46.7 Å². The topological polar surface area (TPSA) is 67.9 Å². The maximum atomic E-state index is 12.7. The molecule has 0 bridgehead atoms. The third-order valence-corrected chi connectivity index (χ3v) is 7.17. The Morgan fingerprint density at radius 1 is 1.14 bits per heavy atom. The van der Waals surface area contributed by atoms with Crippen molar-refractivity contribution in [2.24, 2.45) is 0 Å². The largest absolute Gasteiger partial charge is 0.491 e. The fourth-order valence-electron chi connectivity index (χ4n) is 3.29. The zero-order valence-corrected chi connectivity index (χ0v) is 17.8. The molecule has 0 amide bonds. The Morgan fingerprint density at radius 3 is 2.54 bits per heavy atom. The van der Waals surface area contributed by atoms with Crippen LogP contribution in [0.5, 0.6) is 5.75 Å². The molecule has 0 spiro atoms. The monoisotopic (exact) mass is 424 g/mol. The number of hydrogen-bond donors (Lipinski definition) is 1.